The van der Waals surface area contributed by atoms with Crippen LogP contribution in [0.25, 0.3) is 0 Å². The SMILES string of the molecule is O=C(N(CCCl)CC(F)F)C12CC3CC(CC(C3)C1)C2. The van der Waals surface area contributed by atoms with E-state index in [4.69, 9.17) is 11.6 Å². The van der Waals surface area contributed by atoms with E-state index < -0.39 is 13.0 Å². The third-order valence-electron chi connectivity index (χ3n) is 5.49. The Bertz CT molecular complexity index is 353. The van der Waals surface area contributed by atoms with Crippen molar-refractivity contribution in [3.63, 3.8) is 0 Å². The van der Waals surface area contributed by atoms with E-state index in [9.17, 15) is 13.6 Å². The predicted octanol–water partition coefficient (Wildman–Crippen LogP) is 3.54. The van der Waals surface area contributed by atoms with Crippen molar-refractivity contribution in [2.45, 2.75) is 45.0 Å². The molecule has 0 N–H and O–H groups in total. The number of hydrogen-bond acceptors (Lipinski definition) is 1. The van der Waals surface area contributed by atoms with Gasteiger partial charge in [-0.3, -0.25) is 4.79 Å². The summed E-state index contributed by atoms with van der Waals surface area (Å²) in [5, 5.41) is 0. The lowest BCUT2D eigenvalue weighted by Gasteiger charge is -2.56. The topological polar surface area (TPSA) is 20.3 Å². The number of carbonyl (C=O) groups is 1. The lowest BCUT2D eigenvalue weighted by atomic mass is 9.49. The summed E-state index contributed by atoms with van der Waals surface area (Å²) in [4.78, 5) is 14.2. The van der Waals surface area contributed by atoms with Gasteiger partial charge in [0.25, 0.3) is 6.43 Å². The van der Waals surface area contributed by atoms with Crippen molar-refractivity contribution in [2.75, 3.05) is 19.0 Å². The van der Waals surface area contributed by atoms with Gasteiger partial charge in [0.15, 0.2) is 0 Å². The maximum Gasteiger partial charge on any atom is 0.255 e. The predicted molar refractivity (Wildman–Crippen MR) is 73.9 cm³/mol. The third kappa shape index (κ3) is 2.56. The summed E-state index contributed by atoms with van der Waals surface area (Å²) in [6, 6.07) is 0. The Hall–Kier alpha value is -0.380. The molecule has 0 radical (unpaired) electrons. The summed E-state index contributed by atoms with van der Waals surface area (Å²) in [7, 11) is 0. The van der Waals surface area contributed by atoms with Crippen molar-refractivity contribution >= 4 is 17.5 Å². The number of amides is 1. The molecule has 1 amide bonds. The molecule has 20 heavy (non-hydrogen) atoms. The molecular weight excluding hydrogens is 284 g/mol. The minimum atomic E-state index is -2.48. The van der Waals surface area contributed by atoms with Crippen LogP contribution in [0.3, 0.4) is 0 Å². The van der Waals surface area contributed by atoms with Crippen LogP contribution in [0.15, 0.2) is 0 Å². The molecule has 0 aromatic heterocycles. The number of alkyl halides is 3. The first-order valence-electron chi connectivity index (χ1n) is 7.66. The van der Waals surface area contributed by atoms with Crippen LogP contribution < -0.4 is 0 Å². The van der Waals surface area contributed by atoms with Crippen LogP contribution in [0, 0.1) is 23.2 Å². The Morgan fingerprint density at radius 3 is 2.05 bits per heavy atom. The molecule has 0 aromatic carbocycles. The fourth-order valence-electron chi connectivity index (χ4n) is 5.25. The average molecular weight is 306 g/mol. The first kappa shape index (κ1) is 14.6. The van der Waals surface area contributed by atoms with Gasteiger partial charge in [0.1, 0.15) is 0 Å². The normalized spacial score (nSPS) is 38.5. The quantitative estimate of drug-likeness (QED) is 0.712. The Labute approximate surface area is 123 Å². The van der Waals surface area contributed by atoms with Crippen LogP contribution in [0.5, 0.6) is 0 Å². The number of rotatable bonds is 5. The highest BCUT2D eigenvalue weighted by Gasteiger charge is 2.55. The number of nitrogens with zero attached hydrogens (tertiary/aromatic N) is 1. The van der Waals surface area contributed by atoms with E-state index in [1.165, 1.54) is 24.2 Å². The zero-order valence-corrected chi connectivity index (χ0v) is 12.4. The van der Waals surface area contributed by atoms with E-state index in [1.54, 1.807) is 0 Å². The van der Waals surface area contributed by atoms with Crippen LogP contribution in [-0.4, -0.2) is 36.2 Å². The van der Waals surface area contributed by atoms with Crippen molar-refractivity contribution in [1.29, 1.82) is 0 Å². The molecule has 114 valence electrons. The number of hydrogen-bond donors (Lipinski definition) is 0. The Kier molecular flexibility index (Phi) is 3.95. The monoisotopic (exact) mass is 305 g/mol. The molecule has 4 bridgehead atoms. The van der Waals surface area contributed by atoms with E-state index >= 15 is 0 Å². The van der Waals surface area contributed by atoms with Gasteiger partial charge in [0, 0.05) is 12.4 Å². The molecule has 0 aromatic rings. The maximum atomic E-state index is 12.9. The molecule has 4 rings (SSSR count). The third-order valence-corrected chi connectivity index (χ3v) is 5.66. The first-order valence-corrected chi connectivity index (χ1v) is 8.19. The Balaban J connectivity index is 1.77. The molecule has 0 heterocycles. The van der Waals surface area contributed by atoms with Gasteiger partial charge >= 0.3 is 0 Å². The fraction of sp³-hybridized carbons (Fsp3) is 0.933. The van der Waals surface area contributed by atoms with E-state index in [-0.39, 0.29) is 23.7 Å². The zero-order valence-electron chi connectivity index (χ0n) is 11.7. The Morgan fingerprint density at radius 2 is 1.65 bits per heavy atom. The Morgan fingerprint density at radius 1 is 1.15 bits per heavy atom. The van der Waals surface area contributed by atoms with Gasteiger partial charge < -0.3 is 4.90 Å². The van der Waals surface area contributed by atoms with Gasteiger partial charge in [0.05, 0.1) is 12.0 Å². The lowest BCUT2D eigenvalue weighted by Crippen LogP contribution is -2.55. The van der Waals surface area contributed by atoms with E-state index in [0.717, 1.165) is 19.3 Å². The minimum Gasteiger partial charge on any atom is -0.335 e. The zero-order chi connectivity index (χ0) is 14.3. The van der Waals surface area contributed by atoms with Gasteiger partial charge in [-0.25, -0.2) is 8.78 Å². The van der Waals surface area contributed by atoms with E-state index in [1.807, 2.05) is 0 Å². The van der Waals surface area contributed by atoms with Gasteiger partial charge in [0.2, 0.25) is 5.91 Å². The molecule has 2 nitrogen and oxygen atoms in total. The van der Waals surface area contributed by atoms with Crippen LogP contribution in [-0.2, 0) is 4.79 Å². The molecule has 0 atom stereocenters. The van der Waals surface area contributed by atoms with Crippen molar-refractivity contribution in [3.05, 3.63) is 0 Å². The van der Waals surface area contributed by atoms with Crippen molar-refractivity contribution in [3.8, 4) is 0 Å². The average Bonchev–Trinajstić information content (AvgIpc) is 2.35. The second-order valence-corrected chi connectivity index (χ2v) is 7.41. The molecule has 0 aliphatic heterocycles. The molecule has 4 fully saturated rings. The first-order chi connectivity index (χ1) is 9.52. The lowest BCUT2D eigenvalue weighted by molar-refractivity contribution is -0.159. The molecular formula is C15H22ClF2NO. The smallest absolute Gasteiger partial charge is 0.255 e. The van der Waals surface area contributed by atoms with Gasteiger partial charge in [-0.15, -0.1) is 11.6 Å². The molecule has 0 unspecified atom stereocenters. The van der Waals surface area contributed by atoms with Crippen LogP contribution >= 0.6 is 11.6 Å². The van der Waals surface area contributed by atoms with Crippen molar-refractivity contribution in [2.24, 2.45) is 23.2 Å². The fourth-order valence-corrected chi connectivity index (χ4v) is 5.46. The molecule has 4 saturated carbocycles. The van der Waals surface area contributed by atoms with E-state index in [0.29, 0.717) is 17.8 Å². The summed E-state index contributed by atoms with van der Waals surface area (Å²) in [5.74, 6) is 2.13. The number of carbonyl (C=O) groups excluding carboxylic acids is 1. The van der Waals surface area contributed by atoms with Crippen LogP contribution in [0.1, 0.15) is 38.5 Å². The van der Waals surface area contributed by atoms with Crippen LogP contribution in [0.2, 0.25) is 0 Å². The summed E-state index contributed by atoms with van der Waals surface area (Å²) in [6.07, 6.45) is 4.01. The molecule has 4 aliphatic carbocycles. The van der Waals surface area contributed by atoms with Gasteiger partial charge in [-0.05, 0) is 56.3 Å². The summed E-state index contributed by atoms with van der Waals surface area (Å²) < 4.78 is 25.4. The van der Waals surface area contributed by atoms with E-state index in [2.05, 4.69) is 0 Å². The summed E-state index contributed by atoms with van der Waals surface area (Å²) in [6.45, 7) is -0.222. The number of halogens is 3. The molecule has 0 saturated heterocycles. The second kappa shape index (κ2) is 5.43. The highest BCUT2D eigenvalue weighted by atomic mass is 35.5. The standard InChI is InChI=1S/C15H22ClF2NO/c16-1-2-19(9-13(17)18)14(20)15-6-10-3-11(7-15)5-12(4-10)8-15/h10-13H,1-9H2. The maximum absolute atomic E-state index is 12.9. The highest BCUT2D eigenvalue weighted by molar-refractivity contribution is 6.18. The molecule has 4 aliphatic rings. The van der Waals surface area contributed by atoms with Crippen LogP contribution in [0.4, 0.5) is 8.78 Å². The second-order valence-electron chi connectivity index (χ2n) is 7.03. The van der Waals surface area contributed by atoms with Gasteiger partial charge in [-0.2, -0.15) is 0 Å². The highest BCUT2D eigenvalue weighted by Crippen LogP contribution is 2.60. The molecule has 5 heteroatoms. The largest absolute Gasteiger partial charge is 0.335 e. The molecule has 0 spiro atoms. The minimum absolute atomic E-state index is 0.0439. The van der Waals surface area contributed by atoms with Gasteiger partial charge in [-0.1, -0.05) is 0 Å². The summed E-state index contributed by atoms with van der Waals surface area (Å²) >= 11 is 5.69. The van der Waals surface area contributed by atoms with Crippen molar-refractivity contribution in [1.82, 2.24) is 4.90 Å². The van der Waals surface area contributed by atoms with Crippen molar-refractivity contribution < 1.29 is 13.6 Å². The summed E-state index contributed by atoms with van der Waals surface area (Å²) in [5.41, 5.74) is -0.338.